The first-order chi connectivity index (χ1) is 10.1. The van der Waals surface area contributed by atoms with Crippen LogP contribution in [0.1, 0.15) is 50.7 Å². The second-order valence-corrected chi connectivity index (χ2v) is 6.18. The van der Waals surface area contributed by atoms with Crippen LogP contribution >= 0.6 is 0 Å². The minimum Gasteiger partial charge on any atom is -0.412 e. The summed E-state index contributed by atoms with van der Waals surface area (Å²) in [5.41, 5.74) is 2.40. The summed E-state index contributed by atoms with van der Waals surface area (Å²) in [7, 11) is 0. The number of para-hydroxylation sites is 2. The van der Waals surface area contributed by atoms with Crippen LogP contribution in [-0.4, -0.2) is 11.0 Å². The van der Waals surface area contributed by atoms with Crippen LogP contribution in [0.3, 0.4) is 0 Å². The van der Waals surface area contributed by atoms with Crippen molar-refractivity contribution in [2.24, 2.45) is 0 Å². The molecule has 23 heavy (non-hydrogen) atoms. The summed E-state index contributed by atoms with van der Waals surface area (Å²) in [6.07, 6.45) is 0. The Kier molecular flexibility index (Phi) is 9.60. The van der Waals surface area contributed by atoms with E-state index in [4.69, 9.17) is 7.70 Å². The molecule has 0 radical (unpaired) electrons. The maximum atomic E-state index is 5.78. The van der Waals surface area contributed by atoms with Gasteiger partial charge in [-0.05, 0) is 0 Å². The Bertz CT molecular complexity index is 533. The number of rotatable bonds is 6. The monoisotopic (exact) mass is 365 g/mol. The van der Waals surface area contributed by atoms with E-state index in [1.165, 1.54) is 11.1 Å². The smallest absolute Gasteiger partial charge is 0.412 e. The molecule has 0 aliphatic rings. The molecule has 0 bridgehead atoms. The summed E-state index contributed by atoms with van der Waals surface area (Å²) in [6.45, 7) is 8.64. The van der Waals surface area contributed by atoms with Gasteiger partial charge in [-0.2, -0.15) is 0 Å². The van der Waals surface area contributed by atoms with Gasteiger partial charge in [-0.3, -0.25) is 0 Å². The maximum absolute atomic E-state index is 5.78. The fraction of sp³-hybridized carbons (Fsp3) is 0.333. The second-order valence-electron chi connectivity index (χ2n) is 5.58. The number of hydrogen-bond donors (Lipinski definition) is 0. The summed E-state index contributed by atoms with van der Waals surface area (Å²) in [6, 6.07) is 16.2. The number of benzene rings is 2. The summed E-state index contributed by atoms with van der Waals surface area (Å²) in [5, 5.41) is 0. The van der Waals surface area contributed by atoms with Gasteiger partial charge in [-0.1, -0.05) is 0 Å². The van der Waals surface area contributed by atoms with Crippen LogP contribution in [0.4, 0.5) is 0 Å². The molecule has 4 N–H and O–H groups in total. The molecule has 0 atom stereocenters. The molecule has 0 saturated carbocycles. The zero-order valence-electron chi connectivity index (χ0n) is 13.9. The third-order valence-electron chi connectivity index (χ3n) is 3.28. The summed E-state index contributed by atoms with van der Waals surface area (Å²) >= 11 is 0.527. The van der Waals surface area contributed by atoms with Crippen molar-refractivity contribution in [3.8, 4) is 11.5 Å². The average Bonchev–Trinajstić information content (AvgIpc) is 2.48. The van der Waals surface area contributed by atoms with Gasteiger partial charge in [-0.15, -0.1) is 0 Å². The van der Waals surface area contributed by atoms with E-state index in [2.05, 4.69) is 39.8 Å². The van der Waals surface area contributed by atoms with Crippen molar-refractivity contribution >= 4 is 0 Å². The Hall–Kier alpha value is -1.53. The third kappa shape index (κ3) is 5.88. The Morgan fingerprint density at radius 2 is 1.00 bits per heavy atom. The van der Waals surface area contributed by atoms with E-state index >= 15 is 0 Å². The molecular weight excluding hydrogens is 339 g/mol. The molecule has 5 heteroatoms. The normalized spacial score (nSPS) is 10.2. The molecule has 2 aromatic carbocycles. The van der Waals surface area contributed by atoms with E-state index in [9.17, 15) is 0 Å². The van der Waals surface area contributed by atoms with Crippen LogP contribution in [0.2, 0.25) is 0 Å². The van der Waals surface area contributed by atoms with Crippen molar-refractivity contribution in [3.63, 3.8) is 0 Å². The second kappa shape index (κ2) is 10.3. The zero-order chi connectivity index (χ0) is 15.2. The van der Waals surface area contributed by atoms with Gasteiger partial charge in [0, 0.05) is 0 Å². The Balaban J connectivity index is 0.00000242. The molecule has 0 saturated heterocycles. The third-order valence-corrected chi connectivity index (χ3v) is 3.92. The molecule has 2 aromatic rings. The van der Waals surface area contributed by atoms with Gasteiger partial charge in [-0.25, -0.2) is 0 Å². The Morgan fingerprint density at radius 1 is 0.652 bits per heavy atom. The van der Waals surface area contributed by atoms with Crippen LogP contribution in [0.15, 0.2) is 48.5 Å². The van der Waals surface area contributed by atoms with E-state index in [-0.39, 0.29) is 11.0 Å². The van der Waals surface area contributed by atoms with Gasteiger partial charge in [0.05, 0.1) is 0 Å². The predicted molar refractivity (Wildman–Crippen MR) is 89.5 cm³/mol. The molecule has 0 aromatic heterocycles. The van der Waals surface area contributed by atoms with E-state index in [0.717, 1.165) is 11.5 Å². The van der Waals surface area contributed by atoms with Gasteiger partial charge in [0.15, 0.2) is 0 Å². The first-order valence-electron chi connectivity index (χ1n) is 7.22. The van der Waals surface area contributed by atoms with Crippen LogP contribution in [0.5, 0.6) is 11.5 Å². The summed E-state index contributed by atoms with van der Waals surface area (Å²) in [5.74, 6) is 2.63. The molecule has 0 fully saturated rings. The Morgan fingerprint density at radius 3 is 1.35 bits per heavy atom. The maximum Gasteiger partial charge on any atom is -0.412 e. The molecule has 0 amide bonds. The average molecular weight is 365 g/mol. The first-order valence-corrected chi connectivity index (χ1v) is 8.07. The van der Waals surface area contributed by atoms with Gasteiger partial charge in [0.1, 0.15) is 0 Å². The van der Waals surface area contributed by atoms with Crippen LogP contribution < -0.4 is 7.70 Å². The predicted octanol–water partition coefficient (Wildman–Crippen LogP) is 3.65. The van der Waals surface area contributed by atoms with Crippen LogP contribution in [-0.2, 0) is 15.3 Å². The van der Waals surface area contributed by atoms with Crippen molar-refractivity contribution in [1.82, 2.24) is 0 Å². The molecule has 0 unspecified atom stereocenters. The molecule has 0 spiro atoms. The minimum atomic E-state index is 0. The van der Waals surface area contributed by atoms with Crippen LogP contribution in [0, 0.1) is 0 Å². The molecule has 2 rings (SSSR count). The zero-order valence-corrected chi connectivity index (χ0v) is 15.0. The molecule has 0 aliphatic heterocycles. The standard InChI is InChI=1S/2C9H12O.Co.2H2O/c2*1-7(2)8-5-3-4-6-9(8)10;;;/h2*3-7,10H,1-2H3;;2*1H2/q;;+2;;/p-2. The fourth-order valence-electron chi connectivity index (χ4n) is 2.11. The van der Waals surface area contributed by atoms with Crippen molar-refractivity contribution in [1.29, 1.82) is 0 Å². The van der Waals surface area contributed by atoms with Crippen LogP contribution in [0.25, 0.3) is 0 Å². The summed E-state index contributed by atoms with van der Waals surface area (Å²) < 4.78 is 11.6. The van der Waals surface area contributed by atoms with E-state index in [1.54, 1.807) is 0 Å². The number of hydrogen-bond acceptors (Lipinski definition) is 2. The molecular formula is C18H26CoO4. The fourth-order valence-corrected chi connectivity index (χ4v) is 2.73. The molecule has 0 heterocycles. The SMILES string of the molecule is CC(C)c1ccccc1[O][Co][O]c1ccccc1C(C)C.O.O. The van der Waals surface area contributed by atoms with Crippen molar-refractivity contribution in [2.45, 2.75) is 39.5 Å². The van der Waals surface area contributed by atoms with Gasteiger partial charge >= 0.3 is 134 Å². The topological polar surface area (TPSA) is 81.5 Å². The molecule has 4 nitrogen and oxygen atoms in total. The molecule has 0 aliphatic carbocycles. The minimum absolute atomic E-state index is 0. The quantitative estimate of drug-likeness (QED) is 0.783. The molecule has 131 valence electrons. The van der Waals surface area contributed by atoms with Crippen molar-refractivity contribution < 1.29 is 34.0 Å². The Labute approximate surface area is 145 Å². The summed E-state index contributed by atoms with van der Waals surface area (Å²) in [4.78, 5) is 0. The van der Waals surface area contributed by atoms with E-state index in [1.807, 2.05) is 36.4 Å². The van der Waals surface area contributed by atoms with Gasteiger partial charge in [0.2, 0.25) is 0 Å². The van der Waals surface area contributed by atoms with Crippen molar-refractivity contribution in [2.75, 3.05) is 0 Å². The van der Waals surface area contributed by atoms with E-state index < -0.39 is 0 Å². The van der Waals surface area contributed by atoms with E-state index in [0.29, 0.717) is 27.2 Å². The first kappa shape index (κ1) is 21.5. The largest absolute Gasteiger partial charge is 0.412 e. The van der Waals surface area contributed by atoms with Gasteiger partial charge in [0.25, 0.3) is 0 Å². The van der Waals surface area contributed by atoms with Gasteiger partial charge < -0.3 is 11.0 Å². The van der Waals surface area contributed by atoms with Crippen molar-refractivity contribution in [3.05, 3.63) is 59.7 Å².